The molecule has 0 bridgehead atoms. The molecule has 0 spiro atoms. The van der Waals surface area contributed by atoms with Gasteiger partial charge in [-0.3, -0.25) is 4.68 Å². The molecule has 1 N–H and O–H groups in total. The number of aryl methyl sites for hydroxylation is 1. The van der Waals surface area contributed by atoms with Gasteiger partial charge in [-0.25, -0.2) is 14.4 Å². The van der Waals surface area contributed by atoms with Crippen molar-refractivity contribution >= 4 is 45.0 Å². The SMILES string of the molecule is Cc1ncnc(Nc2ccc3c(cnn3Cc3cccc(F)c3)c2)c1I. The largest absolute Gasteiger partial charge is 0.339 e. The van der Waals surface area contributed by atoms with Crippen LogP contribution in [0.3, 0.4) is 0 Å². The minimum Gasteiger partial charge on any atom is -0.339 e. The lowest BCUT2D eigenvalue weighted by Gasteiger charge is -2.09. The molecule has 130 valence electrons. The third kappa shape index (κ3) is 3.39. The maximum absolute atomic E-state index is 13.4. The quantitative estimate of drug-likeness (QED) is 0.451. The highest BCUT2D eigenvalue weighted by atomic mass is 127. The molecule has 5 nitrogen and oxygen atoms in total. The number of halogens is 2. The monoisotopic (exact) mass is 459 g/mol. The summed E-state index contributed by atoms with van der Waals surface area (Å²) < 4.78 is 16.2. The first-order valence-corrected chi connectivity index (χ1v) is 9.12. The lowest BCUT2D eigenvalue weighted by molar-refractivity contribution is 0.621. The van der Waals surface area contributed by atoms with E-state index in [4.69, 9.17) is 0 Å². The molecular formula is C19H15FIN5. The molecule has 0 amide bonds. The number of rotatable bonds is 4. The van der Waals surface area contributed by atoms with E-state index in [2.05, 4.69) is 43.0 Å². The second-order valence-electron chi connectivity index (χ2n) is 5.95. The molecule has 2 aromatic heterocycles. The van der Waals surface area contributed by atoms with Crippen molar-refractivity contribution in [3.05, 3.63) is 75.6 Å². The first-order chi connectivity index (χ1) is 12.6. The van der Waals surface area contributed by atoms with E-state index < -0.39 is 0 Å². The normalized spacial score (nSPS) is 11.0. The number of hydrogen-bond acceptors (Lipinski definition) is 4. The zero-order valence-electron chi connectivity index (χ0n) is 13.9. The molecular weight excluding hydrogens is 444 g/mol. The summed E-state index contributed by atoms with van der Waals surface area (Å²) in [5.74, 6) is 0.546. The molecule has 0 aliphatic rings. The van der Waals surface area contributed by atoms with Crippen molar-refractivity contribution in [2.45, 2.75) is 13.5 Å². The highest BCUT2D eigenvalue weighted by Gasteiger charge is 2.08. The van der Waals surface area contributed by atoms with Crippen LogP contribution < -0.4 is 5.32 Å². The van der Waals surface area contributed by atoms with Crippen molar-refractivity contribution in [1.29, 1.82) is 0 Å². The van der Waals surface area contributed by atoms with Gasteiger partial charge in [0.1, 0.15) is 18.0 Å². The van der Waals surface area contributed by atoms with Crippen LogP contribution in [0.25, 0.3) is 10.9 Å². The van der Waals surface area contributed by atoms with Gasteiger partial charge >= 0.3 is 0 Å². The van der Waals surface area contributed by atoms with E-state index in [0.29, 0.717) is 6.54 Å². The number of aromatic nitrogens is 4. The Morgan fingerprint density at radius 3 is 2.88 bits per heavy atom. The van der Waals surface area contributed by atoms with Gasteiger partial charge < -0.3 is 5.32 Å². The second-order valence-corrected chi connectivity index (χ2v) is 7.03. The number of anilines is 2. The predicted octanol–water partition coefficient (Wildman–Crippen LogP) is 4.67. The molecule has 2 heterocycles. The first kappa shape index (κ1) is 16.9. The number of fused-ring (bicyclic) bond motifs is 1. The number of benzene rings is 2. The molecule has 4 aromatic rings. The van der Waals surface area contributed by atoms with E-state index >= 15 is 0 Å². The van der Waals surface area contributed by atoms with Crippen LogP contribution in [0, 0.1) is 16.3 Å². The molecule has 2 aromatic carbocycles. The Morgan fingerprint density at radius 1 is 1.15 bits per heavy atom. The summed E-state index contributed by atoms with van der Waals surface area (Å²) in [7, 11) is 0. The van der Waals surface area contributed by atoms with Crippen LogP contribution in [-0.2, 0) is 6.54 Å². The molecule has 0 saturated heterocycles. The Kier molecular flexibility index (Phi) is 4.54. The fourth-order valence-corrected chi connectivity index (χ4v) is 3.19. The summed E-state index contributed by atoms with van der Waals surface area (Å²) in [6.07, 6.45) is 3.37. The average Bonchev–Trinajstić information content (AvgIpc) is 3.01. The highest BCUT2D eigenvalue weighted by Crippen LogP contribution is 2.25. The Labute approximate surface area is 163 Å². The van der Waals surface area contributed by atoms with E-state index in [1.807, 2.05) is 42.1 Å². The standard InChI is InChI=1S/C19H15FIN5/c1-12-18(21)19(23-11-22-12)25-16-5-6-17-14(8-16)9-24-26(17)10-13-3-2-4-15(20)7-13/h2-9,11H,10H2,1H3,(H,22,23,25). The zero-order chi connectivity index (χ0) is 18.1. The van der Waals surface area contributed by atoms with Crippen molar-refractivity contribution in [3.63, 3.8) is 0 Å². The fourth-order valence-electron chi connectivity index (χ4n) is 2.78. The van der Waals surface area contributed by atoms with Crippen molar-refractivity contribution in [3.8, 4) is 0 Å². The van der Waals surface area contributed by atoms with Gasteiger partial charge in [-0.1, -0.05) is 12.1 Å². The summed E-state index contributed by atoms with van der Waals surface area (Å²) in [5, 5.41) is 8.77. The summed E-state index contributed by atoms with van der Waals surface area (Å²) in [6, 6.07) is 12.6. The van der Waals surface area contributed by atoms with Crippen molar-refractivity contribution in [2.75, 3.05) is 5.32 Å². The molecule has 0 saturated carbocycles. The molecule has 0 fully saturated rings. The summed E-state index contributed by atoms with van der Waals surface area (Å²) in [5.41, 5.74) is 3.74. The van der Waals surface area contributed by atoms with Gasteiger partial charge in [-0.05, 0) is 65.4 Å². The molecule has 26 heavy (non-hydrogen) atoms. The Hall–Kier alpha value is -2.55. The first-order valence-electron chi connectivity index (χ1n) is 8.04. The van der Waals surface area contributed by atoms with E-state index in [1.54, 1.807) is 12.4 Å². The van der Waals surface area contributed by atoms with Gasteiger partial charge in [-0.15, -0.1) is 0 Å². The molecule has 4 rings (SSSR count). The van der Waals surface area contributed by atoms with Gasteiger partial charge in [0.25, 0.3) is 0 Å². The van der Waals surface area contributed by atoms with Crippen LogP contribution in [0.1, 0.15) is 11.3 Å². The smallest absolute Gasteiger partial charge is 0.147 e. The van der Waals surface area contributed by atoms with Gasteiger partial charge in [0.05, 0.1) is 27.5 Å². The average molecular weight is 459 g/mol. The summed E-state index contributed by atoms with van der Waals surface area (Å²) in [4.78, 5) is 8.48. The molecule has 0 radical (unpaired) electrons. The maximum atomic E-state index is 13.4. The minimum absolute atomic E-state index is 0.236. The molecule has 0 aliphatic heterocycles. The number of nitrogens with zero attached hydrogens (tertiary/aromatic N) is 4. The van der Waals surface area contributed by atoms with Crippen molar-refractivity contribution in [2.24, 2.45) is 0 Å². The van der Waals surface area contributed by atoms with Gasteiger partial charge in [0.15, 0.2) is 0 Å². The van der Waals surface area contributed by atoms with E-state index in [0.717, 1.165) is 37.2 Å². The zero-order valence-corrected chi connectivity index (χ0v) is 16.1. The van der Waals surface area contributed by atoms with Crippen molar-refractivity contribution in [1.82, 2.24) is 19.7 Å². The maximum Gasteiger partial charge on any atom is 0.147 e. The van der Waals surface area contributed by atoms with Crippen LogP contribution in [0.5, 0.6) is 0 Å². The van der Waals surface area contributed by atoms with E-state index in [-0.39, 0.29) is 5.82 Å². The Morgan fingerprint density at radius 2 is 2.04 bits per heavy atom. The summed E-state index contributed by atoms with van der Waals surface area (Å²) >= 11 is 2.23. The van der Waals surface area contributed by atoms with Crippen LogP contribution in [0.15, 0.2) is 55.0 Å². The highest BCUT2D eigenvalue weighted by molar-refractivity contribution is 14.1. The van der Waals surface area contributed by atoms with Gasteiger partial charge in [0.2, 0.25) is 0 Å². The van der Waals surface area contributed by atoms with Crippen molar-refractivity contribution < 1.29 is 4.39 Å². The minimum atomic E-state index is -0.236. The van der Waals surface area contributed by atoms with E-state index in [9.17, 15) is 4.39 Å². The van der Waals surface area contributed by atoms with Crippen LogP contribution in [0.2, 0.25) is 0 Å². The Bertz CT molecular complexity index is 1090. The van der Waals surface area contributed by atoms with Crippen LogP contribution >= 0.6 is 22.6 Å². The predicted molar refractivity (Wildman–Crippen MR) is 108 cm³/mol. The lowest BCUT2D eigenvalue weighted by Crippen LogP contribution is -2.02. The second kappa shape index (κ2) is 6.99. The number of hydrogen-bond donors (Lipinski definition) is 1. The Balaban J connectivity index is 1.62. The summed E-state index contributed by atoms with van der Waals surface area (Å²) in [6.45, 7) is 2.48. The molecule has 0 aliphatic carbocycles. The van der Waals surface area contributed by atoms with Gasteiger partial charge in [-0.2, -0.15) is 5.10 Å². The molecule has 7 heteroatoms. The fraction of sp³-hybridized carbons (Fsp3) is 0.105. The van der Waals surface area contributed by atoms with Gasteiger partial charge in [0, 0.05) is 11.1 Å². The third-order valence-electron chi connectivity index (χ3n) is 4.09. The topological polar surface area (TPSA) is 55.6 Å². The molecule has 0 atom stereocenters. The number of nitrogens with one attached hydrogen (secondary N) is 1. The lowest BCUT2D eigenvalue weighted by atomic mass is 10.2. The third-order valence-corrected chi connectivity index (χ3v) is 5.38. The molecule has 0 unspecified atom stereocenters. The van der Waals surface area contributed by atoms with Crippen LogP contribution in [0.4, 0.5) is 15.9 Å². The van der Waals surface area contributed by atoms with E-state index in [1.165, 1.54) is 12.1 Å². The van der Waals surface area contributed by atoms with Crippen LogP contribution in [-0.4, -0.2) is 19.7 Å².